The molecule has 144 valence electrons. The van der Waals surface area contributed by atoms with Crippen LogP contribution in [0.2, 0.25) is 0 Å². The molecule has 5 nitrogen and oxygen atoms in total. The minimum atomic E-state index is -0.398. The summed E-state index contributed by atoms with van der Waals surface area (Å²) in [5.74, 6) is 0.637. The van der Waals surface area contributed by atoms with Crippen LogP contribution in [-0.4, -0.2) is 30.1 Å². The number of hydrogen-bond acceptors (Lipinski definition) is 4. The molecule has 5 heteroatoms. The van der Waals surface area contributed by atoms with Gasteiger partial charge in [-0.3, -0.25) is 4.79 Å². The molecular formula is C22H27NO4. The minimum Gasteiger partial charge on any atom is -0.426 e. The third-order valence-electron chi connectivity index (χ3n) is 4.24. The predicted octanol–water partition coefficient (Wildman–Crippen LogP) is 5.29. The maximum atomic E-state index is 12.4. The van der Waals surface area contributed by atoms with Crippen molar-refractivity contribution in [3.63, 3.8) is 0 Å². The second-order valence-electron chi connectivity index (χ2n) is 6.11. The molecule has 2 rings (SSSR count). The van der Waals surface area contributed by atoms with E-state index in [1.807, 2.05) is 57.2 Å². The van der Waals surface area contributed by atoms with Gasteiger partial charge in [-0.25, -0.2) is 4.79 Å². The first-order chi connectivity index (χ1) is 13.1. The molecular weight excluding hydrogens is 342 g/mol. The summed E-state index contributed by atoms with van der Waals surface area (Å²) in [5.41, 5.74) is 1.42. The zero-order valence-corrected chi connectivity index (χ0v) is 16.2. The normalized spacial score (nSPS) is 10.3. The van der Waals surface area contributed by atoms with E-state index in [9.17, 15) is 9.59 Å². The van der Waals surface area contributed by atoms with Gasteiger partial charge in [-0.2, -0.15) is 0 Å². The summed E-state index contributed by atoms with van der Waals surface area (Å²) in [6.07, 6.45) is 1.70. The molecule has 0 aliphatic carbocycles. The Balaban J connectivity index is 2.31. The Labute approximate surface area is 160 Å². The summed E-state index contributed by atoms with van der Waals surface area (Å²) in [6.45, 7) is 6.98. The van der Waals surface area contributed by atoms with Crippen molar-refractivity contribution in [3.05, 3.63) is 48.5 Å². The number of esters is 1. The number of nitrogens with zero attached hydrogens (tertiary/aromatic N) is 1. The van der Waals surface area contributed by atoms with Crippen LogP contribution >= 0.6 is 0 Å². The molecule has 0 aliphatic heterocycles. The van der Waals surface area contributed by atoms with Crippen LogP contribution in [0.1, 0.15) is 40.0 Å². The second-order valence-corrected chi connectivity index (χ2v) is 6.11. The second kappa shape index (κ2) is 10.4. The van der Waals surface area contributed by atoms with Crippen molar-refractivity contribution < 1.29 is 19.1 Å². The highest BCUT2D eigenvalue weighted by Gasteiger charge is 2.18. The first-order valence-corrected chi connectivity index (χ1v) is 9.46. The first-order valence-electron chi connectivity index (χ1n) is 9.46. The number of unbranched alkanes of at least 4 members (excludes halogenated alkanes) is 1. The predicted molar refractivity (Wildman–Crippen MR) is 106 cm³/mol. The van der Waals surface area contributed by atoms with Crippen molar-refractivity contribution in [1.29, 1.82) is 0 Å². The summed E-state index contributed by atoms with van der Waals surface area (Å²) in [4.78, 5) is 26.0. The van der Waals surface area contributed by atoms with E-state index in [0.29, 0.717) is 42.1 Å². The largest absolute Gasteiger partial charge is 0.426 e. The molecule has 0 fully saturated rings. The van der Waals surface area contributed by atoms with E-state index in [-0.39, 0.29) is 5.97 Å². The van der Waals surface area contributed by atoms with Gasteiger partial charge in [0.1, 0.15) is 11.5 Å². The van der Waals surface area contributed by atoms with Crippen LogP contribution in [-0.2, 0) is 4.79 Å². The third-order valence-corrected chi connectivity index (χ3v) is 4.24. The molecule has 0 N–H and O–H groups in total. The summed E-state index contributed by atoms with van der Waals surface area (Å²) >= 11 is 0. The third kappa shape index (κ3) is 5.58. The molecule has 0 aromatic heterocycles. The maximum Gasteiger partial charge on any atom is 0.415 e. The lowest BCUT2D eigenvalue weighted by atomic mass is 10.0. The van der Waals surface area contributed by atoms with Gasteiger partial charge >= 0.3 is 12.1 Å². The van der Waals surface area contributed by atoms with E-state index in [2.05, 4.69) is 0 Å². The highest BCUT2D eigenvalue weighted by molar-refractivity contribution is 5.82. The van der Waals surface area contributed by atoms with Gasteiger partial charge in [0.2, 0.25) is 0 Å². The average Bonchev–Trinajstić information content (AvgIpc) is 2.68. The SMILES string of the molecule is CCCCC(=O)Oc1ccccc1-c1ccccc1OC(=O)N(CC)CC. The minimum absolute atomic E-state index is 0.262. The molecule has 2 aromatic rings. The quantitative estimate of drug-likeness (QED) is 0.469. The van der Waals surface area contributed by atoms with Crippen LogP contribution in [0.25, 0.3) is 11.1 Å². The topological polar surface area (TPSA) is 55.8 Å². The van der Waals surface area contributed by atoms with Crippen LogP contribution in [0.5, 0.6) is 11.5 Å². The fourth-order valence-corrected chi connectivity index (χ4v) is 2.69. The van der Waals surface area contributed by atoms with Crippen molar-refractivity contribution in [1.82, 2.24) is 4.90 Å². The molecule has 27 heavy (non-hydrogen) atoms. The number of rotatable bonds is 8. The number of benzene rings is 2. The van der Waals surface area contributed by atoms with Crippen LogP contribution in [0.15, 0.2) is 48.5 Å². The number of hydrogen-bond donors (Lipinski definition) is 0. The zero-order valence-electron chi connectivity index (χ0n) is 16.2. The van der Waals surface area contributed by atoms with Gasteiger partial charge < -0.3 is 14.4 Å². The monoisotopic (exact) mass is 369 g/mol. The lowest BCUT2D eigenvalue weighted by Crippen LogP contribution is -2.33. The van der Waals surface area contributed by atoms with Crippen molar-refractivity contribution in [3.8, 4) is 22.6 Å². The Hall–Kier alpha value is -2.82. The Kier molecular flexibility index (Phi) is 7.86. The summed E-state index contributed by atoms with van der Waals surface area (Å²) in [7, 11) is 0. The average molecular weight is 369 g/mol. The molecule has 0 aliphatic rings. The number of carbonyl (C=O) groups is 2. The number of amides is 1. The van der Waals surface area contributed by atoms with Gasteiger partial charge in [0.05, 0.1) is 0 Å². The molecule has 0 saturated carbocycles. The molecule has 0 radical (unpaired) electrons. The molecule has 0 bridgehead atoms. The molecule has 0 atom stereocenters. The molecule has 0 spiro atoms. The fraction of sp³-hybridized carbons (Fsp3) is 0.364. The fourth-order valence-electron chi connectivity index (χ4n) is 2.69. The molecule has 1 amide bonds. The van der Waals surface area contributed by atoms with Crippen molar-refractivity contribution in [2.75, 3.05) is 13.1 Å². The zero-order chi connectivity index (χ0) is 19.6. The smallest absolute Gasteiger partial charge is 0.415 e. The van der Waals surface area contributed by atoms with E-state index in [1.54, 1.807) is 17.0 Å². The molecule has 0 heterocycles. The molecule has 0 unspecified atom stereocenters. The van der Waals surface area contributed by atoms with E-state index < -0.39 is 6.09 Å². The Bertz CT molecular complexity index is 768. The number of ether oxygens (including phenoxy) is 2. The van der Waals surface area contributed by atoms with E-state index >= 15 is 0 Å². The van der Waals surface area contributed by atoms with E-state index in [0.717, 1.165) is 12.8 Å². The number of para-hydroxylation sites is 2. The van der Waals surface area contributed by atoms with Crippen molar-refractivity contribution >= 4 is 12.1 Å². The van der Waals surface area contributed by atoms with Crippen LogP contribution in [0.3, 0.4) is 0 Å². The van der Waals surface area contributed by atoms with Gasteiger partial charge in [-0.1, -0.05) is 49.7 Å². The standard InChI is InChI=1S/C22H27NO4/c1-4-7-16-21(24)26-19-14-10-8-12-17(19)18-13-9-11-15-20(18)27-22(25)23(5-2)6-3/h8-15H,4-7,16H2,1-3H3. The summed E-state index contributed by atoms with van der Waals surface area (Å²) in [6, 6.07) is 14.5. The van der Waals surface area contributed by atoms with Crippen molar-refractivity contribution in [2.24, 2.45) is 0 Å². The lowest BCUT2D eigenvalue weighted by Gasteiger charge is -2.19. The maximum absolute atomic E-state index is 12.4. The lowest BCUT2D eigenvalue weighted by molar-refractivity contribution is -0.134. The Morgan fingerprint density at radius 1 is 0.815 bits per heavy atom. The van der Waals surface area contributed by atoms with Gasteiger partial charge in [0.25, 0.3) is 0 Å². The van der Waals surface area contributed by atoms with Crippen LogP contribution in [0.4, 0.5) is 4.79 Å². The Morgan fingerprint density at radius 3 is 1.85 bits per heavy atom. The first kappa shape index (κ1) is 20.5. The van der Waals surface area contributed by atoms with E-state index in [1.165, 1.54) is 0 Å². The van der Waals surface area contributed by atoms with Crippen LogP contribution in [0, 0.1) is 0 Å². The molecule has 2 aromatic carbocycles. The summed E-state index contributed by atoms with van der Waals surface area (Å²) in [5, 5.41) is 0. The van der Waals surface area contributed by atoms with Gasteiger partial charge in [0.15, 0.2) is 0 Å². The van der Waals surface area contributed by atoms with Crippen molar-refractivity contribution in [2.45, 2.75) is 40.0 Å². The van der Waals surface area contributed by atoms with Gasteiger partial charge in [0, 0.05) is 30.6 Å². The number of carbonyl (C=O) groups excluding carboxylic acids is 2. The summed E-state index contributed by atoms with van der Waals surface area (Å²) < 4.78 is 11.2. The highest BCUT2D eigenvalue weighted by atomic mass is 16.6. The molecule has 0 saturated heterocycles. The van der Waals surface area contributed by atoms with E-state index in [4.69, 9.17) is 9.47 Å². The highest BCUT2D eigenvalue weighted by Crippen LogP contribution is 2.36. The van der Waals surface area contributed by atoms with Gasteiger partial charge in [-0.05, 0) is 32.4 Å². The van der Waals surface area contributed by atoms with Gasteiger partial charge in [-0.15, -0.1) is 0 Å². The van der Waals surface area contributed by atoms with Crippen LogP contribution < -0.4 is 9.47 Å². The Morgan fingerprint density at radius 2 is 1.33 bits per heavy atom.